The summed E-state index contributed by atoms with van der Waals surface area (Å²) in [4.78, 5) is 15.0. The zero-order valence-corrected chi connectivity index (χ0v) is 13.2. The van der Waals surface area contributed by atoms with Gasteiger partial charge in [0.2, 0.25) is 0 Å². The highest BCUT2D eigenvalue weighted by molar-refractivity contribution is 5.68. The number of aromatic nitrogens is 3. The lowest BCUT2D eigenvalue weighted by Gasteiger charge is -2.08. The lowest BCUT2D eigenvalue weighted by atomic mass is 10.1. The number of hydrogen-bond acceptors (Lipinski definition) is 3. The Bertz CT molecular complexity index is 936. The van der Waals surface area contributed by atoms with Crippen LogP contribution in [0.4, 0.5) is 0 Å². The number of pyridine rings is 1. The van der Waals surface area contributed by atoms with Crippen LogP contribution in [0.3, 0.4) is 0 Å². The van der Waals surface area contributed by atoms with Crippen molar-refractivity contribution in [2.75, 3.05) is 6.73 Å². The molecule has 0 spiro atoms. The summed E-state index contributed by atoms with van der Waals surface area (Å²) in [5.41, 5.74) is 2.54. The van der Waals surface area contributed by atoms with Crippen molar-refractivity contribution < 1.29 is 4.74 Å². The summed E-state index contributed by atoms with van der Waals surface area (Å²) in [6.07, 6.45) is 5.33. The monoisotopic (exact) mass is 320 g/mol. The number of benzene rings is 1. The fourth-order valence-electron chi connectivity index (χ4n) is 2.41. The number of rotatable bonds is 5. The summed E-state index contributed by atoms with van der Waals surface area (Å²) in [7, 11) is 1.68. The van der Waals surface area contributed by atoms with Gasteiger partial charge in [-0.05, 0) is 5.56 Å². The molecule has 0 unspecified atom stereocenters. The second-order valence-corrected chi connectivity index (χ2v) is 5.34. The molecule has 2 heterocycles. The standard InChI is InChI=1S/C18H16N4O2/c1-19-13-24-17-8-18(23)21(2)12-16(17)15-9-20-22(11-15)10-14-6-4-3-5-7-14/h3-9,11-12H,10,13H2,2H3. The average molecular weight is 320 g/mol. The number of nitrogens with zero attached hydrogens (tertiary/aromatic N) is 4. The Morgan fingerprint density at radius 2 is 2.04 bits per heavy atom. The Labute approximate surface area is 139 Å². The Morgan fingerprint density at radius 3 is 2.79 bits per heavy atom. The summed E-state index contributed by atoms with van der Waals surface area (Å²) in [5.74, 6) is 0.397. The van der Waals surface area contributed by atoms with Crippen LogP contribution in [0.1, 0.15) is 5.56 Å². The Kier molecular flexibility index (Phi) is 4.43. The van der Waals surface area contributed by atoms with Crippen molar-refractivity contribution in [1.82, 2.24) is 14.3 Å². The first-order chi connectivity index (χ1) is 11.7. The van der Waals surface area contributed by atoms with Crippen molar-refractivity contribution >= 4 is 0 Å². The number of hydrogen-bond donors (Lipinski definition) is 0. The van der Waals surface area contributed by atoms with Crippen LogP contribution < -0.4 is 10.3 Å². The lowest BCUT2D eigenvalue weighted by molar-refractivity contribution is 0.361. The second kappa shape index (κ2) is 6.84. The molecule has 0 fully saturated rings. The third-order valence-corrected chi connectivity index (χ3v) is 3.61. The highest BCUT2D eigenvalue weighted by atomic mass is 16.5. The molecule has 3 rings (SSSR count). The first kappa shape index (κ1) is 15.6. The fraction of sp³-hybridized carbons (Fsp3) is 0.167. The molecule has 2 aromatic heterocycles. The van der Waals surface area contributed by atoms with Gasteiger partial charge in [0.1, 0.15) is 5.75 Å². The maximum absolute atomic E-state index is 11.8. The van der Waals surface area contributed by atoms with Gasteiger partial charge in [-0.2, -0.15) is 5.10 Å². The topological polar surface area (TPSA) is 53.4 Å². The molecule has 0 saturated heterocycles. The molecule has 0 atom stereocenters. The highest BCUT2D eigenvalue weighted by Gasteiger charge is 2.12. The first-order valence-corrected chi connectivity index (χ1v) is 7.41. The van der Waals surface area contributed by atoms with Crippen molar-refractivity contribution in [3.8, 4) is 16.9 Å². The van der Waals surface area contributed by atoms with Gasteiger partial charge in [-0.1, -0.05) is 30.3 Å². The molecule has 0 amide bonds. The SMILES string of the molecule is [C-]#[N+]COc1cc(=O)n(C)cc1-c1cnn(Cc2ccccc2)c1. The third kappa shape index (κ3) is 3.36. The van der Waals surface area contributed by atoms with E-state index in [0.717, 1.165) is 16.7 Å². The summed E-state index contributed by atoms with van der Waals surface area (Å²) in [6.45, 7) is 7.38. The molecule has 0 aliphatic carbocycles. The van der Waals surface area contributed by atoms with Crippen molar-refractivity contribution in [3.05, 3.63) is 82.3 Å². The van der Waals surface area contributed by atoms with E-state index in [2.05, 4.69) is 9.94 Å². The van der Waals surface area contributed by atoms with Gasteiger partial charge in [-0.15, -0.1) is 0 Å². The quantitative estimate of drug-likeness (QED) is 0.679. The van der Waals surface area contributed by atoms with Crippen LogP contribution in [-0.2, 0) is 13.6 Å². The fourth-order valence-corrected chi connectivity index (χ4v) is 2.41. The zero-order valence-electron chi connectivity index (χ0n) is 13.2. The molecule has 6 nitrogen and oxygen atoms in total. The summed E-state index contributed by atoms with van der Waals surface area (Å²) in [5, 5.41) is 4.37. The van der Waals surface area contributed by atoms with Gasteiger partial charge in [0.15, 0.2) is 0 Å². The molecule has 0 aliphatic heterocycles. The molecule has 120 valence electrons. The predicted octanol–water partition coefficient (Wildman–Crippen LogP) is 2.55. The average Bonchev–Trinajstić information content (AvgIpc) is 3.04. The Balaban J connectivity index is 1.93. The van der Waals surface area contributed by atoms with Crippen molar-refractivity contribution in [3.63, 3.8) is 0 Å². The van der Waals surface area contributed by atoms with Gasteiger partial charge < -0.3 is 9.30 Å². The van der Waals surface area contributed by atoms with E-state index in [4.69, 9.17) is 11.3 Å². The molecule has 3 aromatic rings. The summed E-state index contributed by atoms with van der Waals surface area (Å²) >= 11 is 0. The maximum atomic E-state index is 11.8. The van der Waals surface area contributed by atoms with Crippen LogP contribution in [0.5, 0.6) is 5.75 Å². The Morgan fingerprint density at radius 1 is 1.25 bits per heavy atom. The molecule has 0 radical (unpaired) electrons. The van der Waals surface area contributed by atoms with Gasteiger partial charge >= 0.3 is 6.73 Å². The van der Waals surface area contributed by atoms with Gasteiger partial charge in [0, 0.05) is 36.6 Å². The van der Waals surface area contributed by atoms with Crippen LogP contribution in [0.25, 0.3) is 16.0 Å². The summed E-state index contributed by atoms with van der Waals surface area (Å²) < 4.78 is 8.71. The maximum Gasteiger partial charge on any atom is 0.357 e. The van der Waals surface area contributed by atoms with E-state index in [1.165, 1.54) is 10.6 Å². The van der Waals surface area contributed by atoms with Crippen molar-refractivity contribution in [1.29, 1.82) is 0 Å². The van der Waals surface area contributed by atoms with E-state index in [1.807, 2.05) is 41.2 Å². The second-order valence-electron chi connectivity index (χ2n) is 5.34. The lowest BCUT2D eigenvalue weighted by Crippen LogP contribution is -2.15. The Hall–Kier alpha value is -3.33. The predicted molar refractivity (Wildman–Crippen MR) is 90.5 cm³/mol. The van der Waals surface area contributed by atoms with E-state index in [9.17, 15) is 4.79 Å². The normalized spacial score (nSPS) is 10.3. The minimum Gasteiger partial charge on any atom is -0.425 e. The van der Waals surface area contributed by atoms with E-state index in [0.29, 0.717) is 12.3 Å². The first-order valence-electron chi connectivity index (χ1n) is 7.41. The van der Waals surface area contributed by atoms with Crippen LogP contribution in [0.2, 0.25) is 0 Å². The van der Waals surface area contributed by atoms with Gasteiger partial charge in [-0.3, -0.25) is 14.3 Å². The minimum absolute atomic E-state index is 0.127. The molecule has 6 heteroatoms. The number of ether oxygens (including phenoxy) is 1. The van der Waals surface area contributed by atoms with Crippen LogP contribution >= 0.6 is 0 Å². The van der Waals surface area contributed by atoms with E-state index in [-0.39, 0.29) is 12.3 Å². The largest absolute Gasteiger partial charge is 0.425 e. The van der Waals surface area contributed by atoms with Gasteiger partial charge in [0.25, 0.3) is 5.56 Å². The third-order valence-electron chi connectivity index (χ3n) is 3.61. The number of aryl methyl sites for hydroxylation is 1. The smallest absolute Gasteiger partial charge is 0.357 e. The molecule has 0 saturated carbocycles. The molecular weight excluding hydrogens is 304 g/mol. The van der Waals surface area contributed by atoms with Crippen LogP contribution in [0, 0.1) is 6.57 Å². The minimum atomic E-state index is -0.185. The molecule has 0 bridgehead atoms. The highest BCUT2D eigenvalue weighted by Crippen LogP contribution is 2.28. The van der Waals surface area contributed by atoms with Gasteiger partial charge in [-0.25, -0.2) is 6.57 Å². The molecule has 0 aliphatic rings. The van der Waals surface area contributed by atoms with Crippen molar-refractivity contribution in [2.45, 2.75) is 6.54 Å². The van der Waals surface area contributed by atoms with Crippen LogP contribution in [-0.4, -0.2) is 21.1 Å². The van der Waals surface area contributed by atoms with Crippen LogP contribution in [0.15, 0.2) is 59.8 Å². The molecule has 24 heavy (non-hydrogen) atoms. The molecular formula is C18H16N4O2. The zero-order chi connectivity index (χ0) is 16.9. The molecule has 1 aromatic carbocycles. The van der Waals surface area contributed by atoms with E-state index < -0.39 is 0 Å². The summed E-state index contributed by atoms with van der Waals surface area (Å²) in [6, 6.07) is 11.4. The molecule has 0 N–H and O–H groups in total. The van der Waals surface area contributed by atoms with E-state index >= 15 is 0 Å². The van der Waals surface area contributed by atoms with E-state index in [1.54, 1.807) is 19.4 Å². The van der Waals surface area contributed by atoms with Crippen molar-refractivity contribution in [2.24, 2.45) is 7.05 Å². The van der Waals surface area contributed by atoms with Gasteiger partial charge in [0.05, 0.1) is 12.7 Å².